The standard InChI is InChI=1S/C21H16F4N4O3/c1-11-9-18(31)19(28-29(11)17-6-4-3-5-15(17)22)20(32)27-16-8-7-13(26-12(2)30)10-14(16)21(23,24)25/h3-10H,1-2H3,(H,26,30)(H,27,32). The van der Waals surface area contributed by atoms with E-state index >= 15 is 0 Å². The summed E-state index contributed by atoms with van der Waals surface area (Å²) in [7, 11) is 0. The summed E-state index contributed by atoms with van der Waals surface area (Å²) in [4.78, 5) is 36.1. The van der Waals surface area contributed by atoms with Crippen LogP contribution < -0.4 is 16.1 Å². The van der Waals surface area contributed by atoms with Crippen LogP contribution in [0.1, 0.15) is 28.7 Å². The number of amides is 2. The second kappa shape index (κ2) is 8.61. The topological polar surface area (TPSA) is 93.1 Å². The number of halogens is 4. The van der Waals surface area contributed by atoms with Gasteiger partial charge in [0.05, 0.1) is 11.3 Å². The Morgan fingerprint density at radius 3 is 2.34 bits per heavy atom. The number of carbonyl (C=O) groups is 2. The number of anilines is 2. The van der Waals surface area contributed by atoms with Crippen molar-refractivity contribution in [3.05, 3.63) is 81.5 Å². The average molecular weight is 448 g/mol. The van der Waals surface area contributed by atoms with Gasteiger partial charge in [0.15, 0.2) is 5.69 Å². The molecule has 7 nitrogen and oxygen atoms in total. The Labute approximate surface area is 178 Å². The molecular formula is C21H16F4N4O3. The molecule has 0 fully saturated rings. The minimum Gasteiger partial charge on any atom is -0.326 e. The first-order valence-corrected chi connectivity index (χ1v) is 9.13. The van der Waals surface area contributed by atoms with Crippen molar-refractivity contribution in [2.24, 2.45) is 0 Å². The summed E-state index contributed by atoms with van der Waals surface area (Å²) in [6.45, 7) is 2.59. The molecule has 1 heterocycles. The van der Waals surface area contributed by atoms with E-state index in [1.54, 1.807) is 0 Å². The highest BCUT2D eigenvalue weighted by Crippen LogP contribution is 2.36. The third-order valence-electron chi connectivity index (χ3n) is 4.30. The van der Waals surface area contributed by atoms with Crippen LogP contribution in [-0.4, -0.2) is 21.6 Å². The van der Waals surface area contributed by atoms with Crippen molar-refractivity contribution in [1.82, 2.24) is 9.78 Å². The molecule has 0 aliphatic carbocycles. The molecule has 2 amide bonds. The molecule has 0 saturated carbocycles. The van der Waals surface area contributed by atoms with Crippen molar-refractivity contribution in [3.63, 3.8) is 0 Å². The smallest absolute Gasteiger partial charge is 0.326 e. The van der Waals surface area contributed by atoms with Gasteiger partial charge in [-0.15, -0.1) is 0 Å². The largest absolute Gasteiger partial charge is 0.418 e. The molecule has 0 saturated heterocycles. The Bertz CT molecular complexity index is 1270. The van der Waals surface area contributed by atoms with Crippen molar-refractivity contribution >= 4 is 23.2 Å². The van der Waals surface area contributed by atoms with Gasteiger partial charge in [0.25, 0.3) is 5.91 Å². The molecule has 0 bridgehead atoms. The molecule has 2 aromatic carbocycles. The van der Waals surface area contributed by atoms with E-state index < -0.39 is 46.2 Å². The Morgan fingerprint density at radius 2 is 1.72 bits per heavy atom. The zero-order chi connectivity index (χ0) is 23.6. The minimum atomic E-state index is -4.87. The molecule has 0 atom stereocenters. The number of hydrogen-bond donors (Lipinski definition) is 2. The summed E-state index contributed by atoms with van der Waals surface area (Å²) in [6.07, 6.45) is -4.87. The van der Waals surface area contributed by atoms with E-state index in [9.17, 15) is 31.9 Å². The van der Waals surface area contributed by atoms with Gasteiger partial charge >= 0.3 is 6.18 Å². The zero-order valence-electron chi connectivity index (χ0n) is 16.7. The van der Waals surface area contributed by atoms with Gasteiger partial charge in [-0.25, -0.2) is 9.07 Å². The van der Waals surface area contributed by atoms with Crippen molar-refractivity contribution in [2.75, 3.05) is 10.6 Å². The molecule has 3 rings (SSSR count). The second-order valence-corrected chi connectivity index (χ2v) is 6.76. The highest BCUT2D eigenvalue weighted by molar-refractivity contribution is 6.03. The van der Waals surface area contributed by atoms with Crippen LogP contribution in [0.2, 0.25) is 0 Å². The van der Waals surface area contributed by atoms with Crippen molar-refractivity contribution in [1.29, 1.82) is 0 Å². The molecule has 166 valence electrons. The maximum Gasteiger partial charge on any atom is 0.418 e. The van der Waals surface area contributed by atoms with Crippen LogP contribution in [0, 0.1) is 12.7 Å². The Balaban J connectivity index is 2.02. The molecule has 32 heavy (non-hydrogen) atoms. The lowest BCUT2D eigenvalue weighted by Gasteiger charge is -2.16. The summed E-state index contributed by atoms with van der Waals surface area (Å²) in [6, 6.07) is 9.25. The fourth-order valence-electron chi connectivity index (χ4n) is 2.92. The first-order chi connectivity index (χ1) is 15.0. The maximum atomic E-state index is 14.2. The number of rotatable bonds is 4. The van der Waals surface area contributed by atoms with Gasteiger partial charge in [-0.05, 0) is 37.3 Å². The highest BCUT2D eigenvalue weighted by Gasteiger charge is 2.34. The number of para-hydroxylation sites is 1. The average Bonchev–Trinajstić information content (AvgIpc) is 2.68. The third kappa shape index (κ3) is 4.82. The van der Waals surface area contributed by atoms with Crippen molar-refractivity contribution in [3.8, 4) is 5.69 Å². The minimum absolute atomic E-state index is 0.0466. The lowest BCUT2D eigenvalue weighted by Crippen LogP contribution is -2.28. The molecule has 0 aliphatic rings. The summed E-state index contributed by atoms with van der Waals surface area (Å²) in [5, 5.41) is 8.11. The van der Waals surface area contributed by atoms with E-state index in [-0.39, 0.29) is 17.1 Å². The summed E-state index contributed by atoms with van der Waals surface area (Å²) < 4.78 is 55.6. The van der Waals surface area contributed by atoms with Gasteiger partial charge in [-0.1, -0.05) is 12.1 Å². The van der Waals surface area contributed by atoms with Gasteiger partial charge in [-0.2, -0.15) is 18.3 Å². The van der Waals surface area contributed by atoms with Crippen molar-refractivity contribution < 1.29 is 27.2 Å². The second-order valence-electron chi connectivity index (χ2n) is 6.76. The van der Waals surface area contributed by atoms with Crippen LogP contribution in [-0.2, 0) is 11.0 Å². The van der Waals surface area contributed by atoms with Crippen LogP contribution >= 0.6 is 0 Å². The number of alkyl halides is 3. The number of nitrogens with zero attached hydrogens (tertiary/aromatic N) is 2. The van der Waals surface area contributed by atoms with E-state index in [4.69, 9.17) is 0 Å². The molecule has 0 unspecified atom stereocenters. The van der Waals surface area contributed by atoms with E-state index in [0.29, 0.717) is 6.07 Å². The summed E-state index contributed by atoms with van der Waals surface area (Å²) in [5.41, 5.74) is -3.41. The Morgan fingerprint density at radius 1 is 1.03 bits per heavy atom. The molecule has 0 aliphatic heterocycles. The van der Waals surface area contributed by atoms with Crippen molar-refractivity contribution in [2.45, 2.75) is 20.0 Å². The predicted octanol–water partition coefficient (Wildman–Crippen LogP) is 3.91. The fraction of sp³-hybridized carbons (Fsp3) is 0.143. The predicted molar refractivity (Wildman–Crippen MR) is 108 cm³/mol. The molecule has 11 heteroatoms. The normalized spacial score (nSPS) is 11.2. The SMILES string of the molecule is CC(=O)Nc1ccc(NC(=O)c2nn(-c3ccccc3F)c(C)cc2=O)c(C(F)(F)F)c1. The number of benzene rings is 2. The van der Waals surface area contributed by atoms with Gasteiger partial charge in [0.1, 0.15) is 11.5 Å². The molecule has 0 spiro atoms. The van der Waals surface area contributed by atoms with Crippen LogP contribution in [0.3, 0.4) is 0 Å². The van der Waals surface area contributed by atoms with Gasteiger partial charge in [-0.3, -0.25) is 14.4 Å². The maximum absolute atomic E-state index is 14.2. The first-order valence-electron chi connectivity index (χ1n) is 9.13. The Hall–Kier alpha value is -4.02. The number of carbonyl (C=O) groups excluding carboxylic acids is 2. The number of aryl methyl sites for hydroxylation is 1. The number of hydrogen-bond acceptors (Lipinski definition) is 4. The molecule has 1 aromatic heterocycles. The van der Waals surface area contributed by atoms with Gasteiger partial charge in [0, 0.05) is 24.4 Å². The van der Waals surface area contributed by atoms with E-state index in [0.717, 1.165) is 35.9 Å². The van der Waals surface area contributed by atoms with Crippen LogP contribution in [0.4, 0.5) is 28.9 Å². The molecule has 0 radical (unpaired) electrons. The quantitative estimate of drug-likeness (QED) is 0.592. The van der Waals surface area contributed by atoms with Gasteiger partial charge < -0.3 is 10.6 Å². The summed E-state index contributed by atoms with van der Waals surface area (Å²) in [5.74, 6) is -2.46. The van der Waals surface area contributed by atoms with E-state index in [1.165, 1.54) is 25.1 Å². The first kappa shape index (κ1) is 22.7. The van der Waals surface area contributed by atoms with E-state index in [2.05, 4.69) is 10.4 Å². The van der Waals surface area contributed by atoms with Gasteiger partial charge in [0.2, 0.25) is 11.3 Å². The number of aromatic nitrogens is 2. The molecule has 2 N–H and O–H groups in total. The van der Waals surface area contributed by atoms with Crippen LogP contribution in [0.15, 0.2) is 53.3 Å². The fourth-order valence-corrected chi connectivity index (χ4v) is 2.92. The Kier molecular flexibility index (Phi) is 6.10. The van der Waals surface area contributed by atoms with Crippen LogP contribution in [0.25, 0.3) is 5.69 Å². The van der Waals surface area contributed by atoms with Crippen LogP contribution in [0.5, 0.6) is 0 Å². The third-order valence-corrected chi connectivity index (χ3v) is 4.30. The molecular weight excluding hydrogens is 432 g/mol. The molecule has 3 aromatic rings. The zero-order valence-corrected chi connectivity index (χ0v) is 16.7. The monoisotopic (exact) mass is 448 g/mol. The number of nitrogens with one attached hydrogen (secondary N) is 2. The lowest BCUT2D eigenvalue weighted by molar-refractivity contribution is -0.137. The highest BCUT2D eigenvalue weighted by atomic mass is 19.4. The summed E-state index contributed by atoms with van der Waals surface area (Å²) >= 11 is 0. The lowest BCUT2D eigenvalue weighted by atomic mass is 10.1. The van der Waals surface area contributed by atoms with E-state index in [1.807, 2.05) is 5.32 Å².